The summed E-state index contributed by atoms with van der Waals surface area (Å²) < 4.78 is 32.7. The number of hydrogen-bond donors (Lipinski definition) is 1. The van der Waals surface area contributed by atoms with Gasteiger partial charge in [0, 0.05) is 17.8 Å². The summed E-state index contributed by atoms with van der Waals surface area (Å²) in [7, 11) is 0. The zero-order chi connectivity index (χ0) is 21.3. The van der Waals surface area contributed by atoms with Crippen LogP contribution in [0.1, 0.15) is 37.8 Å². The first-order chi connectivity index (χ1) is 14.5. The lowest BCUT2D eigenvalue weighted by Gasteiger charge is -2.37. The van der Waals surface area contributed by atoms with Crippen molar-refractivity contribution in [3.05, 3.63) is 77.3 Å². The lowest BCUT2D eigenvalue weighted by molar-refractivity contribution is 0.396. The van der Waals surface area contributed by atoms with E-state index in [2.05, 4.69) is 22.4 Å². The van der Waals surface area contributed by atoms with E-state index < -0.39 is 0 Å². The Morgan fingerprint density at radius 3 is 2.60 bits per heavy atom. The average molecular weight is 426 g/mol. The van der Waals surface area contributed by atoms with Crippen LogP contribution >= 0.6 is 12.2 Å². The van der Waals surface area contributed by atoms with E-state index in [1.165, 1.54) is 24.3 Å². The SMILES string of the molecule is CCCN1C(=S)NC(c2ccc(F)cc2)C(c2nc(-c3cccc(F)c3)no2)=C1C. The van der Waals surface area contributed by atoms with Crippen LogP contribution < -0.4 is 5.32 Å². The van der Waals surface area contributed by atoms with Gasteiger partial charge in [-0.3, -0.25) is 0 Å². The second-order valence-electron chi connectivity index (χ2n) is 7.02. The van der Waals surface area contributed by atoms with Gasteiger partial charge in [-0.25, -0.2) is 8.78 Å². The molecule has 8 heteroatoms. The Kier molecular flexibility index (Phi) is 5.59. The first-order valence-electron chi connectivity index (χ1n) is 9.62. The summed E-state index contributed by atoms with van der Waals surface area (Å²) in [5.41, 5.74) is 2.96. The highest BCUT2D eigenvalue weighted by Gasteiger charge is 2.33. The molecule has 1 aromatic heterocycles. The van der Waals surface area contributed by atoms with Gasteiger partial charge in [-0.05, 0) is 55.4 Å². The minimum atomic E-state index is -0.382. The van der Waals surface area contributed by atoms with Crippen molar-refractivity contribution >= 4 is 22.9 Å². The molecule has 0 saturated carbocycles. The van der Waals surface area contributed by atoms with Gasteiger partial charge in [-0.1, -0.05) is 36.3 Å². The lowest BCUT2D eigenvalue weighted by Crippen LogP contribution is -2.46. The molecule has 154 valence electrons. The molecule has 5 nitrogen and oxygen atoms in total. The molecule has 0 fully saturated rings. The molecule has 0 spiro atoms. The Morgan fingerprint density at radius 2 is 1.90 bits per heavy atom. The summed E-state index contributed by atoms with van der Waals surface area (Å²) in [4.78, 5) is 6.51. The van der Waals surface area contributed by atoms with Gasteiger partial charge >= 0.3 is 0 Å². The molecule has 1 aliphatic rings. The fourth-order valence-corrected chi connectivity index (χ4v) is 3.88. The number of nitrogens with one attached hydrogen (secondary N) is 1. The number of allylic oxidation sites excluding steroid dienone is 1. The standard InChI is InChI=1S/C22H20F2N4OS/c1-3-11-28-13(2)18(19(25-22(28)30)14-7-9-16(23)10-8-14)21-26-20(27-29-21)15-5-4-6-17(24)12-15/h4-10,12,19H,3,11H2,1-2H3,(H,25,30). The van der Waals surface area contributed by atoms with Crippen molar-refractivity contribution in [2.24, 2.45) is 0 Å². The Balaban J connectivity index is 1.81. The summed E-state index contributed by atoms with van der Waals surface area (Å²) in [5, 5.41) is 7.94. The quantitative estimate of drug-likeness (QED) is 0.574. The van der Waals surface area contributed by atoms with E-state index in [-0.39, 0.29) is 23.5 Å². The fourth-order valence-electron chi connectivity index (χ4n) is 3.53. The van der Waals surface area contributed by atoms with Crippen LogP contribution in [-0.4, -0.2) is 26.7 Å². The van der Waals surface area contributed by atoms with Crippen molar-refractivity contribution in [3.63, 3.8) is 0 Å². The number of benzene rings is 2. The largest absolute Gasteiger partial charge is 0.351 e. The van der Waals surface area contributed by atoms with Crippen molar-refractivity contribution in [2.45, 2.75) is 26.3 Å². The lowest BCUT2D eigenvalue weighted by atomic mass is 9.94. The summed E-state index contributed by atoms with van der Waals surface area (Å²) in [6.45, 7) is 4.74. The van der Waals surface area contributed by atoms with Gasteiger partial charge in [-0.2, -0.15) is 4.98 Å². The van der Waals surface area contributed by atoms with Crippen LogP contribution in [-0.2, 0) is 0 Å². The van der Waals surface area contributed by atoms with E-state index in [0.717, 1.165) is 29.8 Å². The Labute approximate surface area is 178 Å². The number of hydrogen-bond acceptors (Lipinski definition) is 4. The van der Waals surface area contributed by atoms with E-state index in [9.17, 15) is 8.78 Å². The van der Waals surface area contributed by atoms with Crippen molar-refractivity contribution < 1.29 is 13.3 Å². The molecule has 1 N–H and O–H groups in total. The third-order valence-electron chi connectivity index (χ3n) is 4.99. The van der Waals surface area contributed by atoms with Gasteiger partial charge in [-0.15, -0.1) is 0 Å². The molecule has 0 bridgehead atoms. The molecule has 0 amide bonds. The summed E-state index contributed by atoms with van der Waals surface area (Å²) in [5.74, 6) is -0.106. The van der Waals surface area contributed by atoms with Crippen LogP contribution in [0.2, 0.25) is 0 Å². The fraction of sp³-hybridized carbons (Fsp3) is 0.227. The van der Waals surface area contributed by atoms with Gasteiger partial charge in [0.25, 0.3) is 5.89 Å². The normalized spacial score (nSPS) is 16.7. The first kappa shape index (κ1) is 20.2. The highest BCUT2D eigenvalue weighted by Crippen LogP contribution is 2.37. The minimum Gasteiger partial charge on any atom is -0.351 e. The number of thiocarbonyl (C=S) groups is 1. The van der Waals surface area contributed by atoms with E-state index in [4.69, 9.17) is 16.7 Å². The van der Waals surface area contributed by atoms with Crippen LogP contribution in [0, 0.1) is 11.6 Å². The molecule has 30 heavy (non-hydrogen) atoms. The molecule has 0 radical (unpaired) electrons. The van der Waals surface area contributed by atoms with E-state index in [1.807, 2.05) is 11.8 Å². The van der Waals surface area contributed by atoms with Crippen molar-refractivity contribution in [1.29, 1.82) is 0 Å². The Hall–Kier alpha value is -3.13. The molecule has 4 rings (SSSR count). The molecular formula is C22H20F2N4OS. The van der Waals surface area contributed by atoms with Gasteiger partial charge in [0.2, 0.25) is 5.82 Å². The van der Waals surface area contributed by atoms with Crippen molar-refractivity contribution in [1.82, 2.24) is 20.4 Å². The molecule has 1 aliphatic heterocycles. The van der Waals surface area contributed by atoms with Crippen LogP contribution in [0.15, 0.2) is 58.8 Å². The molecule has 0 saturated heterocycles. The van der Waals surface area contributed by atoms with Crippen molar-refractivity contribution in [2.75, 3.05) is 6.54 Å². The smallest absolute Gasteiger partial charge is 0.258 e. The third kappa shape index (κ3) is 3.82. The molecule has 3 aromatic rings. The average Bonchev–Trinajstić information content (AvgIpc) is 3.21. The topological polar surface area (TPSA) is 54.2 Å². The maximum atomic E-state index is 13.6. The monoisotopic (exact) mass is 426 g/mol. The zero-order valence-electron chi connectivity index (χ0n) is 16.5. The summed E-state index contributed by atoms with van der Waals surface area (Å²) >= 11 is 5.57. The predicted molar refractivity (Wildman–Crippen MR) is 114 cm³/mol. The van der Waals surface area contributed by atoms with Crippen LogP contribution in [0.3, 0.4) is 0 Å². The first-order valence-corrected chi connectivity index (χ1v) is 10.0. The number of nitrogens with zero attached hydrogens (tertiary/aromatic N) is 3. The molecule has 0 aliphatic carbocycles. The van der Waals surface area contributed by atoms with Crippen LogP contribution in [0.4, 0.5) is 8.78 Å². The highest BCUT2D eigenvalue weighted by molar-refractivity contribution is 7.80. The van der Waals surface area contributed by atoms with Gasteiger partial charge in [0.05, 0.1) is 11.6 Å². The van der Waals surface area contributed by atoms with Crippen LogP contribution in [0.25, 0.3) is 17.0 Å². The van der Waals surface area contributed by atoms with E-state index >= 15 is 0 Å². The maximum absolute atomic E-state index is 13.6. The highest BCUT2D eigenvalue weighted by atomic mass is 32.1. The molecule has 2 aromatic carbocycles. The second-order valence-corrected chi connectivity index (χ2v) is 7.40. The summed E-state index contributed by atoms with van der Waals surface area (Å²) in [6, 6.07) is 11.8. The van der Waals surface area contributed by atoms with Gasteiger partial charge in [0.15, 0.2) is 5.11 Å². The molecule has 1 unspecified atom stereocenters. The second kappa shape index (κ2) is 8.31. The van der Waals surface area contributed by atoms with Gasteiger partial charge in [0.1, 0.15) is 11.6 Å². The van der Waals surface area contributed by atoms with Crippen LogP contribution in [0.5, 0.6) is 0 Å². The number of halogens is 2. The van der Waals surface area contributed by atoms with E-state index in [1.54, 1.807) is 24.3 Å². The summed E-state index contributed by atoms with van der Waals surface area (Å²) in [6.07, 6.45) is 0.895. The zero-order valence-corrected chi connectivity index (χ0v) is 17.3. The third-order valence-corrected chi connectivity index (χ3v) is 5.32. The Bertz CT molecular complexity index is 1110. The Morgan fingerprint density at radius 1 is 1.13 bits per heavy atom. The van der Waals surface area contributed by atoms with Gasteiger partial charge < -0.3 is 14.7 Å². The molecular weight excluding hydrogens is 406 g/mol. The van der Waals surface area contributed by atoms with Crippen molar-refractivity contribution in [3.8, 4) is 11.4 Å². The number of rotatable bonds is 5. The minimum absolute atomic E-state index is 0.290. The molecule has 2 heterocycles. The van der Waals surface area contributed by atoms with E-state index in [0.29, 0.717) is 16.6 Å². The number of aromatic nitrogens is 2. The molecule has 1 atom stereocenters. The predicted octanol–water partition coefficient (Wildman–Crippen LogP) is 5.09. The maximum Gasteiger partial charge on any atom is 0.258 e.